The Hall–Kier alpha value is -0.610. The predicted molar refractivity (Wildman–Crippen MR) is 59.4 cm³/mol. The summed E-state index contributed by atoms with van der Waals surface area (Å²) in [5, 5.41) is 3.33. The third-order valence-electron chi connectivity index (χ3n) is 3.89. The highest BCUT2D eigenvalue weighted by Crippen LogP contribution is 2.24. The van der Waals surface area contributed by atoms with Crippen LogP contribution in [0.4, 0.5) is 0 Å². The van der Waals surface area contributed by atoms with E-state index in [0.717, 1.165) is 32.6 Å². The van der Waals surface area contributed by atoms with Crippen molar-refractivity contribution < 1.29 is 4.79 Å². The number of likely N-dealkylation sites (N-methyl/N-ethyl adjacent to an activating group) is 1. The molecule has 2 aliphatic rings. The second-order valence-electron chi connectivity index (χ2n) is 5.00. The van der Waals surface area contributed by atoms with Crippen LogP contribution in [0.3, 0.4) is 0 Å². The van der Waals surface area contributed by atoms with Crippen molar-refractivity contribution in [2.45, 2.75) is 38.3 Å². The molecule has 0 bridgehead atoms. The number of nitrogens with zero attached hydrogens (tertiary/aromatic N) is 2. The fourth-order valence-electron chi connectivity index (χ4n) is 2.46. The Morgan fingerprint density at radius 3 is 2.80 bits per heavy atom. The Kier molecular flexibility index (Phi) is 2.73. The minimum atomic E-state index is -0.318. The van der Waals surface area contributed by atoms with Gasteiger partial charge in [0.1, 0.15) is 0 Å². The molecule has 86 valence electrons. The van der Waals surface area contributed by atoms with Crippen LogP contribution in [0.15, 0.2) is 0 Å². The molecule has 2 heterocycles. The van der Waals surface area contributed by atoms with Gasteiger partial charge >= 0.3 is 0 Å². The van der Waals surface area contributed by atoms with Gasteiger partial charge in [-0.05, 0) is 33.4 Å². The van der Waals surface area contributed by atoms with E-state index in [1.54, 1.807) is 0 Å². The van der Waals surface area contributed by atoms with E-state index in [2.05, 4.69) is 24.2 Å². The largest absolute Gasteiger partial charge is 0.324 e. The lowest BCUT2D eigenvalue weighted by Gasteiger charge is -2.25. The van der Waals surface area contributed by atoms with Crippen LogP contribution in [0.1, 0.15) is 26.7 Å². The topological polar surface area (TPSA) is 35.6 Å². The van der Waals surface area contributed by atoms with Crippen molar-refractivity contribution in [3.63, 3.8) is 0 Å². The molecule has 2 aliphatic heterocycles. The molecule has 2 saturated heterocycles. The Morgan fingerprint density at radius 1 is 1.60 bits per heavy atom. The van der Waals surface area contributed by atoms with Crippen LogP contribution in [0.25, 0.3) is 0 Å². The lowest BCUT2D eigenvalue weighted by Crippen LogP contribution is -2.45. The number of amides is 1. The number of carbonyl (C=O) groups is 1. The zero-order chi connectivity index (χ0) is 11.1. The zero-order valence-electron chi connectivity index (χ0n) is 9.92. The molecule has 2 atom stereocenters. The third kappa shape index (κ3) is 1.76. The smallest absolute Gasteiger partial charge is 0.243 e. The number of hydrogen-bond acceptors (Lipinski definition) is 3. The Morgan fingerprint density at radius 2 is 2.33 bits per heavy atom. The van der Waals surface area contributed by atoms with E-state index in [0.29, 0.717) is 6.04 Å². The molecular weight excluding hydrogens is 190 g/mol. The SMILES string of the molecule is CCC1(C)NCN(C2CCN(C)C2)C1=O. The van der Waals surface area contributed by atoms with Gasteiger partial charge in [-0.15, -0.1) is 0 Å². The second-order valence-corrected chi connectivity index (χ2v) is 5.00. The molecule has 4 nitrogen and oxygen atoms in total. The van der Waals surface area contributed by atoms with E-state index in [9.17, 15) is 4.79 Å². The Labute approximate surface area is 91.6 Å². The van der Waals surface area contributed by atoms with Gasteiger partial charge in [0.15, 0.2) is 0 Å². The van der Waals surface area contributed by atoms with E-state index in [1.807, 2.05) is 11.8 Å². The summed E-state index contributed by atoms with van der Waals surface area (Å²) in [5.74, 6) is 0.283. The molecule has 0 aliphatic carbocycles. The molecule has 2 rings (SSSR count). The summed E-state index contributed by atoms with van der Waals surface area (Å²) >= 11 is 0. The molecule has 1 N–H and O–H groups in total. The summed E-state index contributed by atoms with van der Waals surface area (Å²) in [6, 6.07) is 0.420. The molecule has 0 spiro atoms. The van der Waals surface area contributed by atoms with Crippen molar-refractivity contribution in [3.05, 3.63) is 0 Å². The lowest BCUT2D eigenvalue weighted by molar-refractivity contribution is -0.133. The van der Waals surface area contributed by atoms with Gasteiger partial charge in [0, 0.05) is 12.6 Å². The third-order valence-corrected chi connectivity index (χ3v) is 3.89. The summed E-state index contributed by atoms with van der Waals surface area (Å²) < 4.78 is 0. The van der Waals surface area contributed by atoms with Crippen LogP contribution in [-0.2, 0) is 4.79 Å². The fourth-order valence-corrected chi connectivity index (χ4v) is 2.46. The van der Waals surface area contributed by atoms with E-state index in [-0.39, 0.29) is 11.4 Å². The van der Waals surface area contributed by atoms with Crippen molar-refractivity contribution >= 4 is 5.91 Å². The standard InChI is InChI=1S/C11H21N3O/c1-4-11(2)10(15)14(8-12-11)9-5-6-13(3)7-9/h9,12H,4-8H2,1-3H3. The van der Waals surface area contributed by atoms with Gasteiger partial charge in [0.25, 0.3) is 0 Å². The van der Waals surface area contributed by atoms with Crippen LogP contribution in [-0.4, -0.2) is 54.1 Å². The van der Waals surface area contributed by atoms with Gasteiger partial charge in [-0.1, -0.05) is 6.92 Å². The van der Waals surface area contributed by atoms with Gasteiger partial charge in [-0.25, -0.2) is 0 Å². The van der Waals surface area contributed by atoms with E-state index in [4.69, 9.17) is 0 Å². The van der Waals surface area contributed by atoms with E-state index in [1.165, 1.54) is 0 Å². The summed E-state index contributed by atoms with van der Waals surface area (Å²) in [6.45, 7) is 6.93. The monoisotopic (exact) mass is 211 g/mol. The number of rotatable bonds is 2. The fraction of sp³-hybridized carbons (Fsp3) is 0.909. The van der Waals surface area contributed by atoms with Crippen LogP contribution in [0.5, 0.6) is 0 Å². The summed E-state index contributed by atoms with van der Waals surface area (Å²) in [5.41, 5.74) is -0.318. The number of nitrogens with one attached hydrogen (secondary N) is 1. The van der Waals surface area contributed by atoms with Crippen molar-refractivity contribution in [1.82, 2.24) is 15.1 Å². The van der Waals surface area contributed by atoms with Crippen LogP contribution in [0, 0.1) is 0 Å². The normalized spacial score (nSPS) is 37.9. The minimum Gasteiger partial charge on any atom is -0.324 e. The molecule has 0 aromatic rings. The van der Waals surface area contributed by atoms with E-state index >= 15 is 0 Å². The number of hydrogen-bond donors (Lipinski definition) is 1. The minimum absolute atomic E-state index is 0.283. The molecule has 15 heavy (non-hydrogen) atoms. The van der Waals surface area contributed by atoms with Gasteiger partial charge in [-0.2, -0.15) is 0 Å². The maximum absolute atomic E-state index is 12.2. The summed E-state index contributed by atoms with van der Waals surface area (Å²) in [4.78, 5) is 16.5. The van der Waals surface area contributed by atoms with Crippen molar-refractivity contribution in [1.29, 1.82) is 0 Å². The Bertz CT molecular complexity index is 269. The molecule has 0 aromatic heterocycles. The van der Waals surface area contributed by atoms with Crippen LogP contribution in [0.2, 0.25) is 0 Å². The molecule has 0 saturated carbocycles. The quantitative estimate of drug-likeness (QED) is 0.711. The zero-order valence-corrected chi connectivity index (χ0v) is 9.92. The Balaban J connectivity index is 2.04. The number of likely N-dealkylation sites (tertiary alicyclic amines) is 1. The maximum Gasteiger partial charge on any atom is 0.243 e. The van der Waals surface area contributed by atoms with Crippen molar-refractivity contribution in [2.75, 3.05) is 26.8 Å². The first-order chi connectivity index (χ1) is 7.07. The molecule has 0 aromatic carbocycles. The maximum atomic E-state index is 12.2. The summed E-state index contributed by atoms with van der Waals surface area (Å²) in [7, 11) is 2.12. The molecule has 2 unspecified atom stereocenters. The summed E-state index contributed by atoms with van der Waals surface area (Å²) in [6.07, 6.45) is 1.98. The highest BCUT2D eigenvalue weighted by molar-refractivity contribution is 5.88. The second kappa shape index (κ2) is 3.76. The molecule has 4 heteroatoms. The molecule has 2 fully saturated rings. The molecular formula is C11H21N3O. The van der Waals surface area contributed by atoms with Crippen LogP contribution < -0.4 is 5.32 Å². The highest BCUT2D eigenvalue weighted by Gasteiger charge is 2.44. The van der Waals surface area contributed by atoms with E-state index < -0.39 is 0 Å². The first-order valence-electron chi connectivity index (χ1n) is 5.81. The highest BCUT2D eigenvalue weighted by atomic mass is 16.2. The average molecular weight is 211 g/mol. The average Bonchev–Trinajstić information content (AvgIpc) is 2.75. The predicted octanol–water partition coefficient (Wildman–Crippen LogP) is 0.249. The molecule has 1 amide bonds. The first kappa shape index (κ1) is 10.9. The first-order valence-corrected chi connectivity index (χ1v) is 5.81. The van der Waals surface area contributed by atoms with Crippen molar-refractivity contribution in [2.24, 2.45) is 0 Å². The van der Waals surface area contributed by atoms with Gasteiger partial charge in [0.2, 0.25) is 5.91 Å². The van der Waals surface area contributed by atoms with Gasteiger partial charge in [0.05, 0.1) is 12.2 Å². The number of carbonyl (C=O) groups excluding carboxylic acids is 1. The van der Waals surface area contributed by atoms with Gasteiger partial charge < -0.3 is 9.80 Å². The van der Waals surface area contributed by atoms with Crippen molar-refractivity contribution in [3.8, 4) is 0 Å². The lowest BCUT2D eigenvalue weighted by atomic mass is 9.99. The van der Waals surface area contributed by atoms with Crippen LogP contribution >= 0.6 is 0 Å². The van der Waals surface area contributed by atoms with Gasteiger partial charge in [-0.3, -0.25) is 10.1 Å². The molecule has 0 radical (unpaired) electrons.